The lowest BCUT2D eigenvalue weighted by molar-refractivity contribution is 0.483. The van der Waals surface area contributed by atoms with Gasteiger partial charge in [-0.3, -0.25) is 4.98 Å². The standard InChI is InChI=1S/C15H19N5/c1-10-8-20(5-4-17-10)15-14-12(11-2-3-11)6-16-7-13(14)18-9-19-15/h6-7,9-11,17H,2-5,8H2,1H3/t10-/m0/s1. The van der Waals surface area contributed by atoms with E-state index in [0.717, 1.165) is 31.0 Å². The highest BCUT2D eigenvalue weighted by Gasteiger charge is 2.29. The zero-order valence-corrected chi connectivity index (χ0v) is 11.7. The molecule has 0 radical (unpaired) electrons. The summed E-state index contributed by atoms with van der Waals surface area (Å²) in [5.41, 5.74) is 2.31. The predicted molar refractivity (Wildman–Crippen MR) is 79.0 cm³/mol. The molecule has 104 valence electrons. The molecule has 0 unspecified atom stereocenters. The second kappa shape index (κ2) is 4.66. The number of pyridine rings is 1. The van der Waals surface area contributed by atoms with Crippen molar-refractivity contribution in [3.63, 3.8) is 0 Å². The van der Waals surface area contributed by atoms with Crippen molar-refractivity contribution in [1.29, 1.82) is 0 Å². The Kier molecular flexibility index (Phi) is 2.80. The summed E-state index contributed by atoms with van der Waals surface area (Å²) in [6.07, 6.45) is 8.08. The van der Waals surface area contributed by atoms with Gasteiger partial charge in [-0.15, -0.1) is 0 Å². The molecule has 2 aromatic rings. The summed E-state index contributed by atoms with van der Waals surface area (Å²) in [7, 11) is 0. The molecular weight excluding hydrogens is 250 g/mol. The van der Waals surface area contributed by atoms with Crippen molar-refractivity contribution in [2.24, 2.45) is 0 Å². The monoisotopic (exact) mass is 269 g/mol. The van der Waals surface area contributed by atoms with E-state index in [1.54, 1.807) is 6.33 Å². The van der Waals surface area contributed by atoms with Crippen molar-refractivity contribution in [2.45, 2.75) is 31.7 Å². The van der Waals surface area contributed by atoms with Crippen molar-refractivity contribution < 1.29 is 0 Å². The molecule has 20 heavy (non-hydrogen) atoms. The van der Waals surface area contributed by atoms with Crippen LogP contribution in [-0.4, -0.2) is 40.6 Å². The summed E-state index contributed by atoms with van der Waals surface area (Å²) in [5.74, 6) is 1.75. The smallest absolute Gasteiger partial charge is 0.140 e. The van der Waals surface area contributed by atoms with Gasteiger partial charge in [0.05, 0.1) is 11.7 Å². The molecule has 3 heterocycles. The quantitative estimate of drug-likeness (QED) is 0.899. The van der Waals surface area contributed by atoms with E-state index in [1.807, 2.05) is 12.4 Å². The fraction of sp³-hybridized carbons (Fsp3) is 0.533. The predicted octanol–water partition coefficient (Wildman–Crippen LogP) is 1.70. The van der Waals surface area contributed by atoms with Gasteiger partial charge in [-0.25, -0.2) is 9.97 Å². The Morgan fingerprint density at radius 3 is 2.95 bits per heavy atom. The molecule has 0 spiro atoms. The Morgan fingerprint density at radius 2 is 2.15 bits per heavy atom. The molecule has 0 bridgehead atoms. The third-order valence-electron chi connectivity index (χ3n) is 4.24. The number of anilines is 1. The fourth-order valence-corrected chi connectivity index (χ4v) is 3.09. The highest BCUT2D eigenvalue weighted by Crippen LogP contribution is 2.44. The maximum absolute atomic E-state index is 4.60. The first-order valence-electron chi connectivity index (χ1n) is 7.40. The van der Waals surface area contributed by atoms with E-state index in [1.165, 1.54) is 23.8 Å². The molecular formula is C15H19N5. The van der Waals surface area contributed by atoms with Crippen LogP contribution in [0, 0.1) is 0 Å². The number of fused-ring (bicyclic) bond motifs is 1. The zero-order chi connectivity index (χ0) is 13.5. The number of hydrogen-bond acceptors (Lipinski definition) is 5. The SMILES string of the molecule is C[C@H]1CN(c2ncnc3cncc(C4CC4)c23)CCN1. The van der Waals surface area contributed by atoms with Gasteiger partial charge < -0.3 is 10.2 Å². The number of rotatable bonds is 2. The number of nitrogens with zero attached hydrogens (tertiary/aromatic N) is 4. The summed E-state index contributed by atoms with van der Waals surface area (Å²) < 4.78 is 0. The zero-order valence-electron chi connectivity index (χ0n) is 11.7. The van der Waals surface area contributed by atoms with Gasteiger partial charge in [0.25, 0.3) is 0 Å². The van der Waals surface area contributed by atoms with Crippen LogP contribution >= 0.6 is 0 Å². The van der Waals surface area contributed by atoms with Crippen LogP contribution in [-0.2, 0) is 0 Å². The molecule has 1 saturated heterocycles. The van der Waals surface area contributed by atoms with Crippen molar-refractivity contribution in [3.8, 4) is 0 Å². The van der Waals surface area contributed by atoms with Gasteiger partial charge in [-0.2, -0.15) is 0 Å². The van der Waals surface area contributed by atoms with E-state index in [2.05, 4.69) is 32.1 Å². The van der Waals surface area contributed by atoms with Crippen LogP contribution in [0.25, 0.3) is 10.9 Å². The third-order valence-corrected chi connectivity index (χ3v) is 4.24. The van der Waals surface area contributed by atoms with Gasteiger partial charge in [0.1, 0.15) is 12.1 Å². The molecule has 2 fully saturated rings. The summed E-state index contributed by atoms with van der Waals surface area (Å²) in [6, 6.07) is 0.500. The lowest BCUT2D eigenvalue weighted by Crippen LogP contribution is -2.49. The highest BCUT2D eigenvalue weighted by molar-refractivity contribution is 5.92. The van der Waals surface area contributed by atoms with E-state index in [9.17, 15) is 0 Å². The van der Waals surface area contributed by atoms with Crippen LogP contribution < -0.4 is 10.2 Å². The van der Waals surface area contributed by atoms with Crippen molar-refractivity contribution in [3.05, 3.63) is 24.3 Å². The van der Waals surface area contributed by atoms with Gasteiger partial charge >= 0.3 is 0 Å². The van der Waals surface area contributed by atoms with Gasteiger partial charge in [-0.1, -0.05) is 0 Å². The van der Waals surface area contributed by atoms with Crippen molar-refractivity contribution in [2.75, 3.05) is 24.5 Å². The lowest BCUT2D eigenvalue weighted by Gasteiger charge is -2.33. The van der Waals surface area contributed by atoms with Crippen LogP contribution in [0.1, 0.15) is 31.2 Å². The Hall–Kier alpha value is -1.75. The number of piperazine rings is 1. The Bertz CT molecular complexity index is 632. The topological polar surface area (TPSA) is 53.9 Å². The van der Waals surface area contributed by atoms with Gasteiger partial charge in [0, 0.05) is 37.3 Å². The maximum atomic E-state index is 4.60. The van der Waals surface area contributed by atoms with Gasteiger partial charge in [0.2, 0.25) is 0 Å². The van der Waals surface area contributed by atoms with Crippen LogP contribution in [0.3, 0.4) is 0 Å². The summed E-state index contributed by atoms with van der Waals surface area (Å²) in [5, 5.41) is 4.70. The summed E-state index contributed by atoms with van der Waals surface area (Å²) in [4.78, 5) is 15.7. The number of aromatic nitrogens is 3. The fourth-order valence-electron chi connectivity index (χ4n) is 3.09. The van der Waals surface area contributed by atoms with Crippen LogP contribution in [0.2, 0.25) is 0 Å². The van der Waals surface area contributed by atoms with Crippen LogP contribution in [0.4, 0.5) is 5.82 Å². The average molecular weight is 269 g/mol. The molecule has 5 heteroatoms. The highest BCUT2D eigenvalue weighted by atomic mass is 15.2. The molecule has 0 amide bonds. The van der Waals surface area contributed by atoms with E-state index >= 15 is 0 Å². The third kappa shape index (κ3) is 2.02. The largest absolute Gasteiger partial charge is 0.353 e. The van der Waals surface area contributed by atoms with E-state index in [0.29, 0.717) is 12.0 Å². The minimum absolute atomic E-state index is 0.500. The molecule has 5 nitrogen and oxygen atoms in total. The molecule has 2 aliphatic rings. The molecule has 4 rings (SSSR count). The molecule has 1 atom stereocenters. The van der Waals surface area contributed by atoms with Crippen LogP contribution in [0.5, 0.6) is 0 Å². The molecule has 1 N–H and O–H groups in total. The Balaban J connectivity index is 1.85. The summed E-state index contributed by atoms with van der Waals surface area (Å²) >= 11 is 0. The first-order valence-corrected chi connectivity index (χ1v) is 7.40. The Morgan fingerprint density at radius 1 is 1.25 bits per heavy atom. The second-order valence-corrected chi connectivity index (χ2v) is 5.90. The molecule has 2 aromatic heterocycles. The molecule has 1 saturated carbocycles. The van der Waals surface area contributed by atoms with Gasteiger partial charge in [0.15, 0.2) is 0 Å². The number of nitrogens with one attached hydrogen (secondary N) is 1. The first-order chi connectivity index (χ1) is 9.83. The second-order valence-electron chi connectivity index (χ2n) is 5.90. The van der Waals surface area contributed by atoms with Crippen molar-refractivity contribution >= 4 is 16.7 Å². The number of hydrogen-bond donors (Lipinski definition) is 1. The van der Waals surface area contributed by atoms with E-state index in [-0.39, 0.29) is 0 Å². The minimum atomic E-state index is 0.500. The minimum Gasteiger partial charge on any atom is -0.353 e. The Labute approximate surface area is 118 Å². The van der Waals surface area contributed by atoms with Crippen LogP contribution in [0.15, 0.2) is 18.7 Å². The van der Waals surface area contributed by atoms with Crippen molar-refractivity contribution in [1.82, 2.24) is 20.3 Å². The molecule has 0 aromatic carbocycles. The van der Waals surface area contributed by atoms with E-state index in [4.69, 9.17) is 0 Å². The average Bonchev–Trinajstić information content (AvgIpc) is 3.30. The lowest BCUT2D eigenvalue weighted by atomic mass is 10.1. The first kappa shape index (κ1) is 12.0. The maximum Gasteiger partial charge on any atom is 0.140 e. The normalized spacial score (nSPS) is 23.2. The molecule has 1 aliphatic carbocycles. The summed E-state index contributed by atoms with van der Waals surface area (Å²) in [6.45, 7) is 5.23. The van der Waals surface area contributed by atoms with Gasteiger partial charge in [-0.05, 0) is 31.2 Å². The van der Waals surface area contributed by atoms with E-state index < -0.39 is 0 Å². The molecule has 1 aliphatic heterocycles.